The van der Waals surface area contributed by atoms with Crippen LogP contribution in [0.4, 0.5) is 4.39 Å². The number of hydrogen-bond acceptors (Lipinski definition) is 3. The molecule has 1 heterocycles. The molecule has 0 saturated carbocycles. The van der Waals surface area contributed by atoms with Gasteiger partial charge in [-0.1, -0.05) is 18.5 Å². The van der Waals surface area contributed by atoms with E-state index in [1.165, 1.54) is 6.07 Å². The average molecular weight is 328 g/mol. The molecule has 2 nitrogen and oxygen atoms in total. The number of thiophene rings is 1. The molecule has 0 fully saturated rings. The average Bonchev–Trinajstić information content (AvgIpc) is 2.95. The first-order valence-electron chi connectivity index (χ1n) is 6.94. The lowest BCUT2D eigenvalue weighted by molar-refractivity contribution is 0.402. The molecule has 114 valence electrons. The Balaban J connectivity index is 2.26. The molecule has 0 saturated heterocycles. The first-order valence-corrected chi connectivity index (χ1v) is 8.20. The summed E-state index contributed by atoms with van der Waals surface area (Å²) in [5.41, 5.74) is 0.617. The third-order valence-corrected chi connectivity index (χ3v) is 4.51. The van der Waals surface area contributed by atoms with E-state index in [0.717, 1.165) is 23.6 Å². The van der Waals surface area contributed by atoms with Gasteiger partial charge in [-0.2, -0.15) is 0 Å². The van der Waals surface area contributed by atoms with Crippen molar-refractivity contribution in [3.8, 4) is 5.75 Å². The number of nitrogens with one attached hydrogen (secondary N) is 1. The van der Waals surface area contributed by atoms with Crippen molar-refractivity contribution in [1.82, 2.24) is 5.32 Å². The second-order valence-corrected chi connectivity index (χ2v) is 6.18. The highest BCUT2D eigenvalue weighted by Crippen LogP contribution is 2.33. The molecule has 0 aliphatic heterocycles. The molecule has 0 radical (unpaired) electrons. The highest BCUT2D eigenvalue weighted by atomic mass is 35.5. The molecule has 1 aromatic carbocycles. The van der Waals surface area contributed by atoms with Gasteiger partial charge in [0.25, 0.3) is 0 Å². The normalized spacial score (nSPS) is 12.4. The Hall–Kier alpha value is -1.10. The molecule has 1 aromatic heterocycles. The van der Waals surface area contributed by atoms with Crippen LogP contribution in [0.5, 0.6) is 5.75 Å². The van der Waals surface area contributed by atoms with E-state index >= 15 is 0 Å². The summed E-state index contributed by atoms with van der Waals surface area (Å²) in [4.78, 5) is 1.09. The number of methoxy groups -OCH3 is 1. The highest BCUT2D eigenvalue weighted by molar-refractivity contribution is 7.10. The van der Waals surface area contributed by atoms with E-state index in [0.29, 0.717) is 17.0 Å². The SMILES string of the molecule is CCCNC(Cc1cc(Cl)ccc1F)c1sccc1OC. The largest absolute Gasteiger partial charge is 0.496 e. The van der Waals surface area contributed by atoms with Crippen LogP contribution in [0.25, 0.3) is 0 Å². The van der Waals surface area contributed by atoms with Crippen molar-refractivity contribution in [3.05, 3.63) is 50.9 Å². The van der Waals surface area contributed by atoms with Gasteiger partial charge in [0.15, 0.2) is 0 Å². The van der Waals surface area contributed by atoms with Crippen LogP contribution in [-0.4, -0.2) is 13.7 Å². The number of benzene rings is 1. The predicted molar refractivity (Wildman–Crippen MR) is 87.0 cm³/mol. The van der Waals surface area contributed by atoms with Gasteiger partial charge in [-0.25, -0.2) is 4.39 Å². The summed E-state index contributed by atoms with van der Waals surface area (Å²) >= 11 is 7.60. The van der Waals surface area contributed by atoms with Crippen molar-refractivity contribution in [2.24, 2.45) is 0 Å². The minimum atomic E-state index is -0.224. The Bertz CT molecular complexity index is 587. The van der Waals surface area contributed by atoms with E-state index < -0.39 is 0 Å². The van der Waals surface area contributed by atoms with Crippen molar-refractivity contribution >= 4 is 22.9 Å². The molecule has 0 aliphatic carbocycles. The van der Waals surface area contributed by atoms with E-state index in [1.54, 1.807) is 30.6 Å². The van der Waals surface area contributed by atoms with Crippen molar-refractivity contribution < 1.29 is 9.13 Å². The Morgan fingerprint density at radius 2 is 2.19 bits per heavy atom. The fourth-order valence-electron chi connectivity index (χ4n) is 2.23. The van der Waals surface area contributed by atoms with Gasteiger partial charge >= 0.3 is 0 Å². The number of ether oxygens (including phenoxy) is 1. The maximum Gasteiger partial charge on any atom is 0.134 e. The molecule has 1 unspecified atom stereocenters. The van der Waals surface area contributed by atoms with Crippen LogP contribution in [-0.2, 0) is 6.42 Å². The van der Waals surface area contributed by atoms with Crippen LogP contribution >= 0.6 is 22.9 Å². The second-order valence-electron chi connectivity index (χ2n) is 4.80. The molecular weight excluding hydrogens is 309 g/mol. The van der Waals surface area contributed by atoms with E-state index in [4.69, 9.17) is 16.3 Å². The highest BCUT2D eigenvalue weighted by Gasteiger charge is 2.19. The summed E-state index contributed by atoms with van der Waals surface area (Å²) in [6.45, 7) is 2.98. The number of halogens is 2. The molecule has 0 bridgehead atoms. The first-order chi connectivity index (χ1) is 10.2. The van der Waals surface area contributed by atoms with Crippen molar-refractivity contribution in [2.75, 3.05) is 13.7 Å². The molecule has 0 aliphatic rings. The Morgan fingerprint density at radius 3 is 2.90 bits per heavy atom. The lowest BCUT2D eigenvalue weighted by Gasteiger charge is -2.19. The predicted octanol–water partition coefficient (Wildman–Crippen LogP) is 4.83. The lowest BCUT2D eigenvalue weighted by atomic mass is 10.0. The third-order valence-electron chi connectivity index (χ3n) is 3.27. The first kappa shape index (κ1) is 16.3. The van der Waals surface area contributed by atoms with E-state index in [-0.39, 0.29) is 11.9 Å². The quantitative estimate of drug-likeness (QED) is 0.786. The van der Waals surface area contributed by atoms with Crippen LogP contribution in [0.3, 0.4) is 0 Å². The zero-order valence-corrected chi connectivity index (χ0v) is 13.7. The summed E-state index contributed by atoms with van der Waals surface area (Å²) in [6, 6.07) is 6.64. The summed E-state index contributed by atoms with van der Waals surface area (Å²) in [6.07, 6.45) is 1.56. The summed E-state index contributed by atoms with van der Waals surface area (Å²) < 4.78 is 19.4. The van der Waals surface area contributed by atoms with Gasteiger partial charge in [-0.3, -0.25) is 0 Å². The van der Waals surface area contributed by atoms with Crippen LogP contribution in [0, 0.1) is 5.82 Å². The van der Waals surface area contributed by atoms with Gasteiger partial charge in [0, 0.05) is 11.1 Å². The van der Waals surface area contributed by atoms with Gasteiger partial charge in [-0.15, -0.1) is 11.3 Å². The second kappa shape index (κ2) is 7.78. The monoisotopic (exact) mass is 327 g/mol. The molecule has 0 spiro atoms. The Kier molecular flexibility index (Phi) is 6.03. The van der Waals surface area contributed by atoms with Crippen molar-refractivity contribution in [1.29, 1.82) is 0 Å². The van der Waals surface area contributed by atoms with E-state index in [9.17, 15) is 4.39 Å². The smallest absolute Gasteiger partial charge is 0.134 e. The molecule has 21 heavy (non-hydrogen) atoms. The molecule has 1 N–H and O–H groups in total. The van der Waals surface area contributed by atoms with Crippen LogP contribution < -0.4 is 10.1 Å². The fraction of sp³-hybridized carbons (Fsp3) is 0.375. The topological polar surface area (TPSA) is 21.3 Å². The van der Waals surface area contributed by atoms with Crippen molar-refractivity contribution in [2.45, 2.75) is 25.8 Å². The molecular formula is C16H19ClFNOS. The Morgan fingerprint density at radius 1 is 1.38 bits per heavy atom. The van der Waals surface area contributed by atoms with Gasteiger partial charge in [0.1, 0.15) is 11.6 Å². The van der Waals surface area contributed by atoms with E-state index in [2.05, 4.69) is 12.2 Å². The van der Waals surface area contributed by atoms with Crippen LogP contribution in [0.15, 0.2) is 29.6 Å². The minimum Gasteiger partial charge on any atom is -0.496 e. The van der Waals surface area contributed by atoms with Crippen molar-refractivity contribution in [3.63, 3.8) is 0 Å². The maximum atomic E-state index is 14.0. The van der Waals surface area contributed by atoms with Crippen LogP contribution in [0.1, 0.15) is 29.8 Å². The maximum absolute atomic E-state index is 14.0. The fourth-order valence-corrected chi connectivity index (χ4v) is 3.36. The minimum absolute atomic E-state index is 0.0212. The molecule has 1 atom stereocenters. The molecule has 5 heteroatoms. The lowest BCUT2D eigenvalue weighted by Crippen LogP contribution is -2.24. The Labute approximate surface area is 133 Å². The van der Waals surface area contributed by atoms with E-state index in [1.807, 2.05) is 11.4 Å². The van der Waals surface area contributed by atoms with Gasteiger partial charge in [0.05, 0.1) is 12.0 Å². The van der Waals surface area contributed by atoms with Gasteiger partial charge < -0.3 is 10.1 Å². The van der Waals surface area contributed by atoms with Gasteiger partial charge in [-0.05, 0) is 54.6 Å². The zero-order chi connectivity index (χ0) is 15.2. The third kappa shape index (κ3) is 4.19. The van der Waals surface area contributed by atoms with Crippen LogP contribution in [0.2, 0.25) is 5.02 Å². The summed E-state index contributed by atoms with van der Waals surface area (Å²) in [5, 5.41) is 6.01. The standard InChI is InChI=1S/C16H19ClFNOS/c1-3-7-19-14(16-15(20-2)6-8-21-16)10-11-9-12(17)4-5-13(11)18/h4-6,8-9,14,19H,3,7,10H2,1-2H3. The number of hydrogen-bond donors (Lipinski definition) is 1. The number of rotatable bonds is 7. The molecule has 2 aromatic rings. The van der Waals surface area contributed by atoms with Gasteiger partial charge in [0.2, 0.25) is 0 Å². The summed E-state index contributed by atoms with van der Waals surface area (Å²) in [7, 11) is 1.66. The summed E-state index contributed by atoms with van der Waals surface area (Å²) in [5.74, 6) is 0.620. The molecule has 0 amide bonds. The molecule has 2 rings (SSSR count). The zero-order valence-electron chi connectivity index (χ0n) is 12.2.